The van der Waals surface area contributed by atoms with Gasteiger partial charge in [0.05, 0.1) is 6.54 Å². The zero-order valence-corrected chi connectivity index (χ0v) is 17.3. The lowest BCUT2D eigenvalue weighted by molar-refractivity contribution is -0.196. The Balaban J connectivity index is 1.89. The Hall–Kier alpha value is -3.80. The molecule has 0 saturated carbocycles. The number of alkyl halides is 3. The van der Waals surface area contributed by atoms with Gasteiger partial charge in [0.25, 0.3) is 22.9 Å². The molecule has 2 heterocycles. The van der Waals surface area contributed by atoms with E-state index in [1.54, 1.807) is 35.6 Å². The number of benzene rings is 2. The zero-order valence-electron chi connectivity index (χ0n) is 16.5. The Kier molecular flexibility index (Phi) is 5.40. The normalized spacial score (nSPS) is 17.4. The van der Waals surface area contributed by atoms with E-state index in [1.807, 2.05) is 0 Å². The summed E-state index contributed by atoms with van der Waals surface area (Å²) in [6, 6.07) is 12.2. The van der Waals surface area contributed by atoms with Gasteiger partial charge in [0, 0.05) is 5.56 Å². The van der Waals surface area contributed by atoms with Crippen molar-refractivity contribution in [1.82, 2.24) is 14.9 Å². The van der Waals surface area contributed by atoms with Gasteiger partial charge in [0.1, 0.15) is 17.2 Å². The van der Waals surface area contributed by atoms with Crippen molar-refractivity contribution in [3.8, 4) is 0 Å². The number of aromatic nitrogens is 2. The number of hydrogen-bond donors (Lipinski definition) is 3. The summed E-state index contributed by atoms with van der Waals surface area (Å²) in [6.07, 6.45) is -5.40. The lowest BCUT2D eigenvalue weighted by atomic mass is 9.91. The lowest BCUT2D eigenvalue weighted by Gasteiger charge is -2.30. The van der Waals surface area contributed by atoms with Crippen molar-refractivity contribution in [1.29, 1.82) is 0 Å². The fourth-order valence-electron chi connectivity index (χ4n) is 3.59. The molecule has 12 heteroatoms. The SMILES string of the molecule is O=C(N[C@]1(C(F)(F)F)C(=O)Nc2c1c(=O)[nH]c(=S)n2Cc1ccccc1)c1ccc(F)cc1. The molecule has 1 aliphatic heterocycles. The van der Waals surface area contributed by atoms with E-state index >= 15 is 0 Å². The summed E-state index contributed by atoms with van der Waals surface area (Å²) >= 11 is 5.12. The molecule has 2 aromatic carbocycles. The highest BCUT2D eigenvalue weighted by Gasteiger charge is 2.68. The second-order valence-electron chi connectivity index (χ2n) is 7.22. The minimum atomic E-state index is -5.40. The second kappa shape index (κ2) is 7.96. The minimum absolute atomic E-state index is 0.0566. The van der Waals surface area contributed by atoms with E-state index in [0.29, 0.717) is 5.56 Å². The number of amides is 2. The Morgan fingerprint density at radius 2 is 1.70 bits per heavy atom. The number of anilines is 1. The number of carbonyl (C=O) groups is 2. The summed E-state index contributed by atoms with van der Waals surface area (Å²) in [5.41, 5.74) is -5.72. The largest absolute Gasteiger partial charge is 0.425 e. The fraction of sp³-hybridized carbons (Fsp3) is 0.143. The molecule has 0 radical (unpaired) electrons. The number of nitrogens with one attached hydrogen (secondary N) is 3. The number of carbonyl (C=O) groups excluding carboxylic acids is 2. The first-order chi connectivity index (χ1) is 15.5. The van der Waals surface area contributed by atoms with Crippen LogP contribution in [0.15, 0.2) is 59.4 Å². The summed E-state index contributed by atoms with van der Waals surface area (Å²) in [7, 11) is 0. The number of halogens is 4. The van der Waals surface area contributed by atoms with Crippen LogP contribution in [0.25, 0.3) is 0 Å². The van der Waals surface area contributed by atoms with E-state index in [9.17, 15) is 31.9 Å². The van der Waals surface area contributed by atoms with Crippen LogP contribution in [0.2, 0.25) is 0 Å². The number of fused-ring (bicyclic) bond motifs is 1. The van der Waals surface area contributed by atoms with Gasteiger partial charge in [-0.15, -0.1) is 0 Å². The second-order valence-corrected chi connectivity index (χ2v) is 7.60. The summed E-state index contributed by atoms with van der Waals surface area (Å²) in [5, 5.41) is 3.73. The molecular weight excluding hydrogens is 464 g/mol. The van der Waals surface area contributed by atoms with Gasteiger partial charge in [-0.1, -0.05) is 30.3 Å². The summed E-state index contributed by atoms with van der Waals surface area (Å²) in [6.45, 7) is -0.0566. The third kappa shape index (κ3) is 3.71. The maximum Gasteiger partial charge on any atom is 0.425 e. The van der Waals surface area contributed by atoms with Crippen LogP contribution in [-0.4, -0.2) is 27.5 Å². The molecule has 170 valence electrons. The summed E-state index contributed by atoms with van der Waals surface area (Å²) < 4.78 is 57.3. The number of H-pyrrole nitrogens is 1. The molecular formula is C21H14F4N4O3S. The van der Waals surface area contributed by atoms with Crippen molar-refractivity contribution in [3.63, 3.8) is 0 Å². The van der Waals surface area contributed by atoms with Crippen LogP contribution >= 0.6 is 12.2 Å². The molecule has 7 nitrogen and oxygen atoms in total. The molecule has 1 aliphatic rings. The molecule has 1 aromatic heterocycles. The third-order valence-corrected chi connectivity index (χ3v) is 5.49. The molecule has 2 amide bonds. The van der Waals surface area contributed by atoms with Crippen molar-refractivity contribution < 1.29 is 27.2 Å². The molecule has 0 unspecified atom stereocenters. The molecule has 0 bridgehead atoms. The zero-order chi connectivity index (χ0) is 24.0. The average Bonchev–Trinajstić information content (AvgIpc) is 3.05. The van der Waals surface area contributed by atoms with Gasteiger partial charge in [-0.3, -0.25) is 23.9 Å². The van der Waals surface area contributed by atoms with Crippen LogP contribution in [-0.2, 0) is 16.9 Å². The maximum atomic E-state index is 14.4. The minimum Gasteiger partial charge on any atom is -0.326 e. The van der Waals surface area contributed by atoms with Gasteiger partial charge in [0.15, 0.2) is 4.77 Å². The van der Waals surface area contributed by atoms with Crippen LogP contribution < -0.4 is 16.2 Å². The molecule has 1 atom stereocenters. The van der Waals surface area contributed by atoms with Crippen LogP contribution in [0.1, 0.15) is 21.5 Å². The Labute approximate surface area is 188 Å². The van der Waals surface area contributed by atoms with Crippen molar-refractivity contribution in [3.05, 3.63) is 92.2 Å². The molecule has 4 rings (SSSR count). The summed E-state index contributed by atoms with van der Waals surface area (Å²) in [4.78, 5) is 40.2. The predicted molar refractivity (Wildman–Crippen MR) is 112 cm³/mol. The lowest BCUT2D eigenvalue weighted by Crippen LogP contribution is -2.61. The highest BCUT2D eigenvalue weighted by atomic mass is 32.1. The fourth-order valence-corrected chi connectivity index (χ4v) is 3.83. The topological polar surface area (TPSA) is 96.0 Å². The number of aromatic amines is 1. The van der Waals surface area contributed by atoms with Crippen LogP contribution in [0.3, 0.4) is 0 Å². The standard InChI is InChI=1S/C21H14F4N4O3S/c22-13-8-6-12(7-9-13)16(30)28-20(21(23,24)25)14-15(26-18(20)32)29(19(33)27-17(14)31)10-11-4-2-1-3-5-11/h1-9H,10H2,(H,26,32)(H,28,30)(H,27,31,33)/t20-/m0/s1. The van der Waals surface area contributed by atoms with E-state index in [2.05, 4.69) is 10.3 Å². The molecule has 0 saturated heterocycles. The number of nitrogens with zero attached hydrogens (tertiary/aromatic N) is 1. The summed E-state index contributed by atoms with van der Waals surface area (Å²) in [5.74, 6) is -4.19. The van der Waals surface area contributed by atoms with E-state index in [1.165, 1.54) is 0 Å². The first-order valence-electron chi connectivity index (χ1n) is 9.42. The van der Waals surface area contributed by atoms with Crippen molar-refractivity contribution in [2.45, 2.75) is 18.3 Å². The van der Waals surface area contributed by atoms with Crippen LogP contribution in [0.4, 0.5) is 23.4 Å². The molecule has 0 spiro atoms. The molecule has 0 fully saturated rings. The van der Waals surface area contributed by atoms with Gasteiger partial charge in [-0.2, -0.15) is 13.2 Å². The van der Waals surface area contributed by atoms with Crippen molar-refractivity contribution >= 4 is 29.9 Å². The van der Waals surface area contributed by atoms with Gasteiger partial charge < -0.3 is 10.6 Å². The quantitative estimate of drug-likeness (QED) is 0.396. The monoisotopic (exact) mass is 478 g/mol. The smallest absolute Gasteiger partial charge is 0.326 e. The van der Waals surface area contributed by atoms with E-state index in [4.69, 9.17) is 12.2 Å². The Morgan fingerprint density at radius 3 is 2.30 bits per heavy atom. The molecule has 3 N–H and O–H groups in total. The highest BCUT2D eigenvalue weighted by Crippen LogP contribution is 2.45. The first kappa shape index (κ1) is 22.4. The van der Waals surface area contributed by atoms with Crippen LogP contribution in [0.5, 0.6) is 0 Å². The molecule has 0 aliphatic carbocycles. The molecule has 33 heavy (non-hydrogen) atoms. The van der Waals surface area contributed by atoms with Crippen molar-refractivity contribution in [2.75, 3.05) is 5.32 Å². The average molecular weight is 478 g/mol. The van der Waals surface area contributed by atoms with Gasteiger partial charge in [-0.05, 0) is 42.0 Å². The highest BCUT2D eigenvalue weighted by molar-refractivity contribution is 7.71. The number of hydrogen-bond acceptors (Lipinski definition) is 4. The van der Waals surface area contributed by atoms with Crippen LogP contribution in [0, 0.1) is 10.6 Å². The van der Waals surface area contributed by atoms with Gasteiger partial charge in [-0.25, -0.2) is 4.39 Å². The Bertz CT molecular complexity index is 1370. The maximum absolute atomic E-state index is 14.4. The van der Waals surface area contributed by atoms with Gasteiger partial charge >= 0.3 is 6.18 Å². The van der Waals surface area contributed by atoms with E-state index in [0.717, 1.165) is 28.8 Å². The molecule has 3 aromatic rings. The first-order valence-corrected chi connectivity index (χ1v) is 9.83. The van der Waals surface area contributed by atoms with Crippen molar-refractivity contribution in [2.24, 2.45) is 0 Å². The van der Waals surface area contributed by atoms with E-state index < -0.39 is 46.3 Å². The third-order valence-electron chi connectivity index (χ3n) is 5.16. The number of rotatable bonds is 4. The predicted octanol–water partition coefficient (Wildman–Crippen LogP) is 3.23. The van der Waals surface area contributed by atoms with E-state index in [-0.39, 0.29) is 16.9 Å². The van der Waals surface area contributed by atoms with Gasteiger partial charge in [0.2, 0.25) is 0 Å². The Morgan fingerprint density at radius 1 is 1.06 bits per heavy atom.